The van der Waals surface area contributed by atoms with Gasteiger partial charge in [0.05, 0.1) is 24.3 Å². The van der Waals surface area contributed by atoms with Crippen LogP contribution in [0.1, 0.15) is 56.4 Å². The number of unbranched alkanes of at least 4 members (excludes halogenated alkanes) is 1. The molecule has 0 saturated heterocycles. The van der Waals surface area contributed by atoms with Gasteiger partial charge in [-0.2, -0.15) is 0 Å². The predicted octanol–water partition coefficient (Wildman–Crippen LogP) is 3.12. The highest BCUT2D eigenvalue weighted by Gasteiger charge is 2.35. The second kappa shape index (κ2) is 8.57. The second-order valence-corrected chi connectivity index (χ2v) is 7.36. The molecule has 1 heterocycles. The molecular weight excluding hydrogens is 368 g/mol. The molecule has 0 unspecified atom stereocenters. The van der Waals surface area contributed by atoms with E-state index in [0.717, 1.165) is 41.0 Å². The SMILES string of the molecule is CCCCN(C)C(=O)c1ccc(-c2ccc3c(c2)C(=O)N(CCO)C3=O)cc1C. The van der Waals surface area contributed by atoms with Crippen LogP contribution in [0.5, 0.6) is 0 Å². The minimum Gasteiger partial charge on any atom is -0.395 e. The topological polar surface area (TPSA) is 77.9 Å². The van der Waals surface area contributed by atoms with E-state index in [0.29, 0.717) is 16.7 Å². The number of aliphatic hydroxyl groups is 1. The van der Waals surface area contributed by atoms with Gasteiger partial charge in [0.1, 0.15) is 0 Å². The van der Waals surface area contributed by atoms with Gasteiger partial charge in [0.2, 0.25) is 0 Å². The fourth-order valence-corrected chi connectivity index (χ4v) is 3.56. The maximum Gasteiger partial charge on any atom is 0.261 e. The number of hydrogen-bond donors (Lipinski definition) is 1. The number of aryl methyl sites for hydroxylation is 1. The molecule has 6 heteroatoms. The zero-order valence-electron chi connectivity index (χ0n) is 17.1. The van der Waals surface area contributed by atoms with Crippen molar-refractivity contribution in [2.24, 2.45) is 0 Å². The summed E-state index contributed by atoms with van der Waals surface area (Å²) in [5.74, 6) is -0.767. The van der Waals surface area contributed by atoms with Gasteiger partial charge in [0.15, 0.2) is 0 Å². The maximum absolute atomic E-state index is 12.7. The summed E-state index contributed by atoms with van der Waals surface area (Å²) in [4.78, 5) is 40.3. The van der Waals surface area contributed by atoms with Gasteiger partial charge >= 0.3 is 0 Å². The summed E-state index contributed by atoms with van der Waals surface area (Å²) in [7, 11) is 1.81. The molecule has 3 rings (SSSR count). The van der Waals surface area contributed by atoms with Crippen molar-refractivity contribution in [2.75, 3.05) is 26.7 Å². The van der Waals surface area contributed by atoms with Crippen molar-refractivity contribution in [1.29, 1.82) is 0 Å². The van der Waals surface area contributed by atoms with E-state index in [4.69, 9.17) is 5.11 Å². The Morgan fingerprint density at radius 3 is 2.34 bits per heavy atom. The molecule has 2 aromatic carbocycles. The molecule has 0 spiro atoms. The first kappa shape index (κ1) is 20.7. The van der Waals surface area contributed by atoms with Crippen molar-refractivity contribution in [3.05, 3.63) is 58.7 Å². The first-order chi connectivity index (χ1) is 13.9. The number of benzene rings is 2. The molecular formula is C23H26N2O4. The molecule has 0 bridgehead atoms. The normalized spacial score (nSPS) is 13.0. The van der Waals surface area contributed by atoms with Gasteiger partial charge in [0, 0.05) is 19.2 Å². The number of hydrogen-bond acceptors (Lipinski definition) is 4. The third-order valence-electron chi connectivity index (χ3n) is 5.28. The molecule has 0 aromatic heterocycles. The quantitative estimate of drug-likeness (QED) is 0.732. The molecule has 1 N–H and O–H groups in total. The van der Waals surface area contributed by atoms with E-state index in [-0.39, 0.29) is 30.9 Å². The van der Waals surface area contributed by atoms with Crippen molar-refractivity contribution < 1.29 is 19.5 Å². The summed E-state index contributed by atoms with van der Waals surface area (Å²) in [6, 6.07) is 10.8. The lowest BCUT2D eigenvalue weighted by atomic mass is 9.96. The Balaban J connectivity index is 1.88. The summed E-state index contributed by atoms with van der Waals surface area (Å²) in [6.07, 6.45) is 2.00. The molecule has 0 fully saturated rings. The number of aliphatic hydroxyl groups excluding tert-OH is 1. The molecule has 29 heavy (non-hydrogen) atoms. The lowest BCUT2D eigenvalue weighted by molar-refractivity contribution is 0.0623. The third-order valence-corrected chi connectivity index (χ3v) is 5.28. The van der Waals surface area contributed by atoms with Gasteiger partial charge < -0.3 is 10.0 Å². The van der Waals surface area contributed by atoms with Crippen LogP contribution in [-0.4, -0.2) is 59.4 Å². The van der Waals surface area contributed by atoms with Gasteiger partial charge in [-0.15, -0.1) is 0 Å². The summed E-state index contributed by atoms with van der Waals surface area (Å²) in [5, 5.41) is 9.08. The van der Waals surface area contributed by atoms with Crippen molar-refractivity contribution in [3.63, 3.8) is 0 Å². The fourth-order valence-electron chi connectivity index (χ4n) is 3.56. The number of nitrogens with zero attached hydrogens (tertiary/aromatic N) is 2. The van der Waals surface area contributed by atoms with Gasteiger partial charge in [-0.1, -0.05) is 31.5 Å². The number of β-amino-alcohol motifs (C(OH)–C–C–N with tert-alkyl or cyclic N) is 1. The first-order valence-electron chi connectivity index (χ1n) is 9.86. The van der Waals surface area contributed by atoms with Crippen LogP contribution in [0.2, 0.25) is 0 Å². The standard InChI is InChI=1S/C23H26N2O4/c1-4-5-10-24(3)21(27)18-8-6-16(13-15(18)2)17-7-9-19-20(14-17)23(29)25(11-12-26)22(19)28/h6-9,13-14,26H,4-5,10-12H2,1-3H3. The van der Waals surface area contributed by atoms with Crippen LogP contribution in [0.3, 0.4) is 0 Å². The molecule has 6 nitrogen and oxygen atoms in total. The monoisotopic (exact) mass is 394 g/mol. The largest absolute Gasteiger partial charge is 0.395 e. The lowest BCUT2D eigenvalue weighted by Gasteiger charge is -2.18. The van der Waals surface area contributed by atoms with Gasteiger partial charge in [-0.05, 0) is 48.2 Å². The van der Waals surface area contributed by atoms with E-state index in [1.807, 2.05) is 32.2 Å². The highest BCUT2D eigenvalue weighted by molar-refractivity contribution is 6.21. The zero-order chi connectivity index (χ0) is 21.1. The Morgan fingerprint density at radius 2 is 1.69 bits per heavy atom. The summed E-state index contributed by atoms with van der Waals surface area (Å²) < 4.78 is 0. The minimum atomic E-state index is -0.387. The number of imide groups is 1. The van der Waals surface area contributed by atoms with E-state index in [9.17, 15) is 14.4 Å². The fraction of sp³-hybridized carbons (Fsp3) is 0.348. The Bertz CT molecular complexity index is 967. The van der Waals surface area contributed by atoms with Crippen LogP contribution >= 0.6 is 0 Å². The highest BCUT2D eigenvalue weighted by atomic mass is 16.3. The molecule has 1 aliphatic rings. The Kier molecular flexibility index (Phi) is 6.13. The van der Waals surface area contributed by atoms with Gasteiger partial charge in [-0.3, -0.25) is 19.3 Å². The number of carbonyl (C=O) groups is 3. The molecule has 3 amide bonds. The lowest BCUT2D eigenvalue weighted by Crippen LogP contribution is -2.32. The third kappa shape index (κ3) is 3.93. The number of fused-ring (bicyclic) bond motifs is 1. The number of rotatable bonds is 7. The number of amides is 3. The van der Waals surface area contributed by atoms with Crippen LogP contribution in [-0.2, 0) is 0 Å². The average molecular weight is 394 g/mol. The van der Waals surface area contributed by atoms with E-state index < -0.39 is 0 Å². The van der Waals surface area contributed by atoms with E-state index in [2.05, 4.69) is 6.92 Å². The van der Waals surface area contributed by atoms with E-state index in [1.54, 1.807) is 23.1 Å². The molecule has 0 saturated carbocycles. The van der Waals surface area contributed by atoms with Crippen LogP contribution in [0.25, 0.3) is 11.1 Å². The van der Waals surface area contributed by atoms with Crippen LogP contribution < -0.4 is 0 Å². The van der Waals surface area contributed by atoms with Crippen molar-refractivity contribution in [1.82, 2.24) is 9.80 Å². The average Bonchev–Trinajstić information content (AvgIpc) is 2.96. The van der Waals surface area contributed by atoms with E-state index in [1.165, 1.54) is 0 Å². The highest BCUT2D eigenvalue weighted by Crippen LogP contribution is 2.29. The van der Waals surface area contributed by atoms with Crippen LogP contribution in [0.15, 0.2) is 36.4 Å². The second-order valence-electron chi connectivity index (χ2n) is 7.36. The van der Waals surface area contributed by atoms with Gasteiger partial charge in [0.25, 0.3) is 17.7 Å². The van der Waals surface area contributed by atoms with Crippen LogP contribution in [0, 0.1) is 6.92 Å². The summed E-state index contributed by atoms with van der Waals surface area (Å²) in [6.45, 7) is 4.44. The molecule has 0 aliphatic carbocycles. The zero-order valence-corrected chi connectivity index (χ0v) is 17.1. The minimum absolute atomic E-state index is 0.00290. The molecule has 1 aliphatic heterocycles. The van der Waals surface area contributed by atoms with E-state index >= 15 is 0 Å². The molecule has 0 atom stereocenters. The van der Waals surface area contributed by atoms with Gasteiger partial charge in [-0.25, -0.2) is 0 Å². The van der Waals surface area contributed by atoms with Crippen molar-refractivity contribution >= 4 is 17.7 Å². The summed E-state index contributed by atoms with van der Waals surface area (Å²) >= 11 is 0. The Hall–Kier alpha value is -2.99. The molecule has 2 aromatic rings. The predicted molar refractivity (Wildman–Crippen MR) is 111 cm³/mol. The Morgan fingerprint density at radius 1 is 1.03 bits per heavy atom. The molecule has 152 valence electrons. The molecule has 0 radical (unpaired) electrons. The Labute approximate surface area is 170 Å². The van der Waals surface area contributed by atoms with Crippen molar-refractivity contribution in [3.8, 4) is 11.1 Å². The number of carbonyl (C=O) groups excluding carboxylic acids is 3. The summed E-state index contributed by atoms with van der Waals surface area (Å²) in [5.41, 5.74) is 3.90. The maximum atomic E-state index is 12.7. The van der Waals surface area contributed by atoms with Crippen LogP contribution in [0.4, 0.5) is 0 Å². The first-order valence-corrected chi connectivity index (χ1v) is 9.86. The van der Waals surface area contributed by atoms with Crippen molar-refractivity contribution in [2.45, 2.75) is 26.7 Å². The smallest absolute Gasteiger partial charge is 0.261 e.